The summed E-state index contributed by atoms with van der Waals surface area (Å²) in [5.41, 5.74) is 0.846. The molecule has 0 heterocycles. The molecule has 6 heteroatoms. The number of unbranched alkanes of at least 4 members (excludes halogenated alkanes) is 5. The summed E-state index contributed by atoms with van der Waals surface area (Å²) in [4.78, 5) is 15.1. The Morgan fingerprint density at radius 3 is 2.44 bits per heavy atom. The number of esters is 1. The van der Waals surface area contributed by atoms with Crippen molar-refractivity contribution in [3.8, 4) is 11.5 Å². The second-order valence-electron chi connectivity index (χ2n) is 5.81. The van der Waals surface area contributed by atoms with Gasteiger partial charge in [-0.05, 0) is 36.4 Å². The number of rotatable bonds is 11. The summed E-state index contributed by atoms with van der Waals surface area (Å²) >= 11 is 0. The fourth-order valence-electron chi connectivity index (χ4n) is 2.36. The summed E-state index contributed by atoms with van der Waals surface area (Å²) in [7, 11) is 1.51. The molecule has 1 aromatic rings. The molecule has 1 rings (SSSR count). The number of nitrogens with zero attached hydrogens (tertiary/aromatic N) is 1. The third kappa shape index (κ3) is 10.5. The molecule has 0 atom stereocenters. The van der Waals surface area contributed by atoms with Gasteiger partial charge in [-0.2, -0.15) is 0 Å². The first-order valence-corrected chi connectivity index (χ1v) is 8.62. The quantitative estimate of drug-likeness (QED) is 0.145. The van der Waals surface area contributed by atoms with Crippen LogP contribution in [0.1, 0.15) is 64.4 Å². The number of carbonyl (C=O) groups is 1. The molecule has 0 aliphatic rings. The SMILES string of the molecule is CCCCCCCCC([O-])=NCc1ccc(OC(C)=O)c(OC)c1.[Na+]. The van der Waals surface area contributed by atoms with E-state index in [1.165, 1.54) is 39.7 Å². The molecule has 25 heavy (non-hydrogen) atoms. The molecule has 0 bridgehead atoms. The Bertz CT molecular complexity index is 546. The number of methoxy groups -OCH3 is 1. The average Bonchev–Trinajstić information content (AvgIpc) is 2.56. The predicted octanol–water partition coefficient (Wildman–Crippen LogP) is 0.634. The molecular formula is C19H28NNaO4. The zero-order valence-corrected chi connectivity index (χ0v) is 18.0. The van der Waals surface area contributed by atoms with E-state index in [1.54, 1.807) is 18.2 Å². The Balaban J connectivity index is 0.00000576. The van der Waals surface area contributed by atoms with Gasteiger partial charge < -0.3 is 19.6 Å². The summed E-state index contributed by atoms with van der Waals surface area (Å²) < 4.78 is 10.3. The average molecular weight is 357 g/mol. The van der Waals surface area contributed by atoms with Crippen molar-refractivity contribution in [3.63, 3.8) is 0 Å². The van der Waals surface area contributed by atoms with Crippen LogP contribution in [0.15, 0.2) is 23.2 Å². The number of carbonyl (C=O) groups excluding carboxylic acids is 1. The zero-order chi connectivity index (χ0) is 17.8. The van der Waals surface area contributed by atoms with Crippen LogP contribution >= 0.6 is 0 Å². The topological polar surface area (TPSA) is 71.0 Å². The summed E-state index contributed by atoms with van der Waals surface area (Å²) in [5, 5.41) is 11.8. The molecule has 0 radical (unpaired) electrons. The van der Waals surface area contributed by atoms with E-state index in [0.29, 0.717) is 24.5 Å². The molecule has 0 aliphatic carbocycles. The van der Waals surface area contributed by atoms with Gasteiger partial charge in [0.05, 0.1) is 13.7 Å². The Morgan fingerprint density at radius 2 is 1.80 bits per heavy atom. The molecule has 134 valence electrons. The molecular weight excluding hydrogens is 329 g/mol. The van der Waals surface area contributed by atoms with Gasteiger partial charge in [-0.3, -0.25) is 4.79 Å². The van der Waals surface area contributed by atoms with Crippen molar-refractivity contribution < 1.29 is 48.9 Å². The second kappa shape index (κ2) is 14.2. The molecule has 0 fully saturated rings. The Kier molecular flexibility index (Phi) is 13.6. The molecule has 0 aliphatic heterocycles. The van der Waals surface area contributed by atoms with E-state index in [1.807, 2.05) is 0 Å². The third-order valence-corrected chi connectivity index (χ3v) is 3.66. The van der Waals surface area contributed by atoms with Crippen molar-refractivity contribution in [2.75, 3.05) is 7.11 Å². The van der Waals surface area contributed by atoms with Crippen LogP contribution in [0.5, 0.6) is 11.5 Å². The van der Waals surface area contributed by atoms with E-state index < -0.39 is 5.97 Å². The van der Waals surface area contributed by atoms with Gasteiger partial charge in [-0.25, -0.2) is 0 Å². The van der Waals surface area contributed by atoms with Gasteiger partial charge in [0.2, 0.25) is 0 Å². The van der Waals surface area contributed by atoms with E-state index in [2.05, 4.69) is 11.9 Å². The Hall–Kier alpha value is -1.04. The number of ether oxygens (including phenoxy) is 2. The normalized spacial score (nSPS) is 10.9. The van der Waals surface area contributed by atoms with E-state index in [0.717, 1.165) is 18.4 Å². The van der Waals surface area contributed by atoms with E-state index in [-0.39, 0.29) is 35.5 Å². The van der Waals surface area contributed by atoms with Crippen molar-refractivity contribution in [1.82, 2.24) is 0 Å². The van der Waals surface area contributed by atoms with Crippen LogP contribution in [-0.4, -0.2) is 19.0 Å². The van der Waals surface area contributed by atoms with Crippen LogP contribution in [0, 0.1) is 0 Å². The van der Waals surface area contributed by atoms with Crippen molar-refractivity contribution in [2.24, 2.45) is 4.99 Å². The Labute approximate surface area is 173 Å². The van der Waals surface area contributed by atoms with Crippen LogP contribution in [0.25, 0.3) is 0 Å². The van der Waals surface area contributed by atoms with Crippen LogP contribution in [-0.2, 0) is 11.3 Å². The molecule has 5 nitrogen and oxygen atoms in total. The largest absolute Gasteiger partial charge is 1.00 e. The molecule has 0 unspecified atom stereocenters. The van der Waals surface area contributed by atoms with Gasteiger partial charge in [0.25, 0.3) is 0 Å². The van der Waals surface area contributed by atoms with Crippen LogP contribution in [0.4, 0.5) is 0 Å². The van der Waals surface area contributed by atoms with E-state index in [9.17, 15) is 9.90 Å². The minimum atomic E-state index is -0.403. The van der Waals surface area contributed by atoms with Gasteiger partial charge in [0.15, 0.2) is 11.5 Å². The number of aliphatic imine (C=N–C) groups is 1. The summed E-state index contributed by atoms with van der Waals surface area (Å²) in [6.07, 6.45) is 7.44. The fraction of sp³-hybridized carbons (Fsp3) is 0.579. The summed E-state index contributed by atoms with van der Waals surface area (Å²) in [6.45, 7) is 3.84. The number of benzene rings is 1. The standard InChI is InChI=1S/C19H29NO4.Na/c1-4-5-6-7-8-9-10-19(22)20-14-16-11-12-17(24-15(2)21)18(13-16)23-3;/h11-13H,4-10,14H2,1-3H3,(H,20,22);/q;+1/p-1. The van der Waals surface area contributed by atoms with Crippen molar-refractivity contribution >= 4 is 11.9 Å². The maximum absolute atomic E-state index is 11.8. The maximum Gasteiger partial charge on any atom is 1.00 e. The number of hydrogen-bond acceptors (Lipinski definition) is 5. The molecule has 0 saturated heterocycles. The van der Waals surface area contributed by atoms with Gasteiger partial charge in [-0.1, -0.05) is 45.1 Å². The molecule has 0 saturated carbocycles. The summed E-state index contributed by atoms with van der Waals surface area (Å²) in [6, 6.07) is 5.17. The van der Waals surface area contributed by atoms with Crippen molar-refractivity contribution in [3.05, 3.63) is 23.8 Å². The van der Waals surface area contributed by atoms with Crippen LogP contribution in [0.2, 0.25) is 0 Å². The van der Waals surface area contributed by atoms with Crippen molar-refractivity contribution in [1.29, 1.82) is 0 Å². The van der Waals surface area contributed by atoms with Crippen LogP contribution < -0.4 is 44.1 Å². The molecule has 0 spiro atoms. The molecule has 0 aromatic heterocycles. The van der Waals surface area contributed by atoms with Gasteiger partial charge >= 0.3 is 35.5 Å². The second-order valence-corrected chi connectivity index (χ2v) is 5.81. The van der Waals surface area contributed by atoms with Crippen molar-refractivity contribution in [2.45, 2.75) is 65.3 Å². The first-order valence-electron chi connectivity index (χ1n) is 8.62. The van der Waals surface area contributed by atoms with E-state index >= 15 is 0 Å². The zero-order valence-electron chi connectivity index (χ0n) is 16.0. The Morgan fingerprint density at radius 1 is 1.12 bits per heavy atom. The van der Waals surface area contributed by atoms with Gasteiger partial charge in [-0.15, -0.1) is 0 Å². The first-order chi connectivity index (χ1) is 11.6. The minimum Gasteiger partial charge on any atom is -0.862 e. The fourth-order valence-corrected chi connectivity index (χ4v) is 2.36. The van der Waals surface area contributed by atoms with Gasteiger partial charge in [0, 0.05) is 6.92 Å². The molecule has 0 amide bonds. The maximum atomic E-state index is 11.8. The van der Waals surface area contributed by atoms with Crippen LogP contribution in [0.3, 0.4) is 0 Å². The monoisotopic (exact) mass is 357 g/mol. The third-order valence-electron chi connectivity index (χ3n) is 3.66. The minimum absolute atomic E-state index is 0. The molecule has 1 aromatic carbocycles. The van der Waals surface area contributed by atoms with Gasteiger partial charge in [0.1, 0.15) is 0 Å². The number of hydrogen-bond donors (Lipinski definition) is 0. The smallest absolute Gasteiger partial charge is 0.862 e. The summed E-state index contributed by atoms with van der Waals surface area (Å²) in [5.74, 6) is 0.363. The first kappa shape index (κ1) is 24.0. The predicted molar refractivity (Wildman–Crippen MR) is 93.4 cm³/mol. The molecule has 0 N–H and O–H groups in total. The van der Waals surface area contributed by atoms with E-state index in [4.69, 9.17) is 9.47 Å².